The average Bonchev–Trinajstić information content (AvgIpc) is 2.32. The molecule has 0 bridgehead atoms. The van der Waals surface area contributed by atoms with Gasteiger partial charge in [-0.25, -0.2) is 0 Å². The molecule has 4 nitrogen and oxygen atoms in total. The molecule has 4 fully saturated rings. The van der Waals surface area contributed by atoms with Crippen molar-refractivity contribution >= 4 is 0 Å². The Morgan fingerprint density at radius 3 is 1.62 bits per heavy atom. The van der Waals surface area contributed by atoms with Crippen molar-refractivity contribution in [1.82, 2.24) is 19.6 Å². The minimum absolute atomic E-state index is 0.735. The van der Waals surface area contributed by atoms with Gasteiger partial charge in [0.1, 0.15) is 0 Å². The van der Waals surface area contributed by atoms with Crippen LogP contribution in [0.3, 0.4) is 0 Å². The van der Waals surface area contributed by atoms with Crippen LogP contribution in [0.4, 0.5) is 0 Å². The molecule has 120 valence electrons. The van der Waals surface area contributed by atoms with E-state index in [1.807, 2.05) is 0 Å². The lowest BCUT2D eigenvalue weighted by Crippen LogP contribution is -2.74. The second-order valence-electron chi connectivity index (χ2n) is 8.01. The molecule has 4 rings (SSSR count). The second kappa shape index (κ2) is 5.80. The van der Waals surface area contributed by atoms with Gasteiger partial charge in [0, 0.05) is 63.4 Å². The molecule has 0 aromatic rings. The summed E-state index contributed by atoms with van der Waals surface area (Å²) in [7, 11) is 0. The van der Waals surface area contributed by atoms with Crippen molar-refractivity contribution < 1.29 is 0 Å². The first-order valence-corrected chi connectivity index (χ1v) is 9.17. The molecule has 0 aromatic heterocycles. The highest BCUT2D eigenvalue weighted by molar-refractivity contribution is 5.02. The molecule has 0 radical (unpaired) electrons. The largest absolute Gasteiger partial charge is 0.298 e. The Labute approximate surface area is 130 Å². The van der Waals surface area contributed by atoms with Crippen molar-refractivity contribution in [2.24, 2.45) is 0 Å². The minimum atomic E-state index is 0.735. The molecule has 0 spiro atoms. The molecule has 4 heterocycles. The third kappa shape index (κ3) is 2.76. The molecule has 4 aliphatic rings. The Bertz CT molecular complexity index is 348. The van der Waals surface area contributed by atoms with Crippen LogP contribution in [0.15, 0.2) is 0 Å². The van der Waals surface area contributed by atoms with Gasteiger partial charge in [0.2, 0.25) is 0 Å². The van der Waals surface area contributed by atoms with Crippen molar-refractivity contribution in [3.05, 3.63) is 0 Å². The zero-order chi connectivity index (χ0) is 14.4. The minimum Gasteiger partial charge on any atom is -0.298 e. The van der Waals surface area contributed by atoms with Gasteiger partial charge in [-0.3, -0.25) is 19.6 Å². The van der Waals surface area contributed by atoms with E-state index in [1.165, 1.54) is 71.6 Å². The molecule has 0 unspecified atom stereocenters. The Kier molecular flexibility index (Phi) is 3.99. The fourth-order valence-electron chi connectivity index (χ4n) is 4.46. The molecule has 4 heteroatoms. The normalized spacial score (nSPS) is 32.1. The molecular formula is C17H32N4. The van der Waals surface area contributed by atoms with E-state index in [9.17, 15) is 0 Å². The van der Waals surface area contributed by atoms with Gasteiger partial charge in [0.15, 0.2) is 0 Å². The van der Waals surface area contributed by atoms with Crippen molar-refractivity contribution in [2.75, 3.05) is 52.4 Å². The summed E-state index contributed by atoms with van der Waals surface area (Å²) in [5.41, 5.74) is 0. The molecular weight excluding hydrogens is 260 g/mol. The lowest BCUT2D eigenvalue weighted by molar-refractivity contribution is -0.0938. The molecule has 0 aromatic carbocycles. The summed E-state index contributed by atoms with van der Waals surface area (Å²) in [5, 5.41) is 0. The van der Waals surface area contributed by atoms with E-state index >= 15 is 0 Å². The lowest BCUT2D eigenvalue weighted by atomic mass is 9.93. The first kappa shape index (κ1) is 14.4. The SMILES string of the molecule is CC(C)N1CC(N2CC(N3CC(N4CCCCC4)C3)C2)C1. The van der Waals surface area contributed by atoms with E-state index in [1.54, 1.807) is 0 Å². The highest BCUT2D eigenvalue weighted by atomic mass is 15.4. The molecule has 0 amide bonds. The first-order chi connectivity index (χ1) is 10.2. The molecule has 4 aliphatic heterocycles. The summed E-state index contributed by atoms with van der Waals surface area (Å²) in [4.78, 5) is 10.8. The van der Waals surface area contributed by atoms with E-state index in [2.05, 4.69) is 33.4 Å². The van der Waals surface area contributed by atoms with Gasteiger partial charge in [0.05, 0.1) is 0 Å². The van der Waals surface area contributed by atoms with Crippen LogP contribution in [0.2, 0.25) is 0 Å². The quantitative estimate of drug-likeness (QED) is 0.764. The number of hydrogen-bond donors (Lipinski definition) is 0. The van der Waals surface area contributed by atoms with Crippen molar-refractivity contribution in [3.63, 3.8) is 0 Å². The van der Waals surface area contributed by atoms with Crippen LogP contribution in [-0.2, 0) is 0 Å². The van der Waals surface area contributed by atoms with Gasteiger partial charge in [-0.05, 0) is 39.8 Å². The van der Waals surface area contributed by atoms with Crippen LogP contribution in [0, 0.1) is 0 Å². The van der Waals surface area contributed by atoms with E-state index < -0.39 is 0 Å². The van der Waals surface area contributed by atoms with Gasteiger partial charge < -0.3 is 0 Å². The van der Waals surface area contributed by atoms with Crippen molar-refractivity contribution in [3.8, 4) is 0 Å². The molecule has 0 atom stereocenters. The molecule has 21 heavy (non-hydrogen) atoms. The fourth-order valence-corrected chi connectivity index (χ4v) is 4.46. The number of rotatable bonds is 4. The van der Waals surface area contributed by atoms with Gasteiger partial charge in [-0.1, -0.05) is 6.42 Å². The maximum Gasteiger partial charge on any atom is 0.0352 e. The van der Waals surface area contributed by atoms with E-state index in [0.29, 0.717) is 0 Å². The van der Waals surface area contributed by atoms with Crippen LogP contribution in [-0.4, -0.2) is 96.1 Å². The summed E-state index contributed by atoms with van der Waals surface area (Å²) in [6.07, 6.45) is 4.32. The summed E-state index contributed by atoms with van der Waals surface area (Å²) in [6.45, 7) is 15.3. The zero-order valence-electron chi connectivity index (χ0n) is 13.9. The highest BCUT2D eigenvalue weighted by Gasteiger charge is 2.45. The van der Waals surface area contributed by atoms with Crippen LogP contribution in [0.5, 0.6) is 0 Å². The van der Waals surface area contributed by atoms with Gasteiger partial charge in [-0.15, -0.1) is 0 Å². The maximum absolute atomic E-state index is 2.75. The Morgan fingerprint density at radius 2 is 1.10 bits per heavy atom. The van der Waals surface area contributed by atoms with Gasteiger partial charge in [0.25, 0.3) is 0 Å². The second-order valence-corrected chi connectivity index (χ2v) is 8.01. The summed E-state index contributed by atoms with van der Waals surface area (Å²) in [6, 6.07) is 3.36. The van der Waals surface area contributed by atoms with Gasteiger partial charge in [-0.2, -0.15) is 0 Å². The summed E-state index contributed by atoms with van der Waals surface area (Å²) < 4.78 is 0. The highest BCUT2D eigenvalue weighted by Crippen LogP contribution is 2.29. The fraction of sp³-hybridized carbons (Fsp3) is 1.00. The van der Waals surface area contributed by atoms with Crippen molar-refractivity contribution in [1.29, 1.82) is 0 Å². The number of nitrogens with zero attached hydrogens (tertiary/aromatic N) is 4. The molecule has 0 aliphatic carbocycles. The van der Waals surface area contributed by atoms with Crippen LogP contribution in [0.25, 0.3) is 0 Å². The maximum atomic E-state index is 2.75. The smallest absolute Gasteiger partial charge is 0.0352 e. The molecule has 0 N–H and O–H groups in total. The van der Waals surface area contributed by atoms with Crippen molar-refractivity contribution in [2.45, 2.75) is 57.3 Å². The topological polar surface area (TPSA) is 13.0 Å². The van der Waals surface area contributed by atoms with E-state index in [4.69, 9.17) is 0 Å². The zero-order valence-corrected chi connectivity index (χ0v) is 13.9. The van der Waals surface area contributed by atoms with E-state index in [0.717, 1.165) is 24.2 Å². The molecule has 0 saturated carbocycles. The average molecular weight is 292 g/mol. The standard InChI is InChI=1S/C17H32N4/c1-14(2)19-8-16(9-19)21-12-17(13-21)20-10-15(11-20)18-6-4-3-5-7-18/h14-17H,3-13H2,1-2H3. The van der Waals surface area contributed by atoms with Crippen LogP contribution in [0.1, 0.15) is 33.1 Å². The third-order valence-corrected chi connectivity index (χ3v) is 6.34. The van der Waals surface area contributed by atoms with Crippen LogP contribution < -0.4 is 0 Å². The van der Waals surface area contributed by atoms with Gasteiger partial charge >= 0.3 is 0 Å². The third-order valence-electron chi connectivity index (χ3n) is 6.34. The number of likely N-dealkylation sites (tertiary alicyclic amines) is 4. The predicted octanol–water partition coefficient (Wildman–Crippen LogP) is 0.933. The number of hydrogen-bond acceptors (Lipinski definition) is 4. The van der Waals surface area contributed by atoms with Crippen LogP contribution >= 0.6 is 0 Å². The summed E-state index contributed by atoms with van der Waals surface area (Å²) in [5.74, 6) is 0. The molecule has 4 saturated heterocycles. The van der Waals surface area contributed by atoms with E-state index in [-0.39, 0.29) is 0 Å². The monoisotopic (exact) mass is 292 g/mol. The lowest BCUT2D eigenvalue weighted by Gasteiger charge is -2.58. The number of piperidine rings is 1. The Hall–Kier alpha value is -0.160. The summed E-state index contributed by atoms with van der Waals surface area (Å²) >= 11 is 0. The predicted molar refractivity (Wildman–Crippen MR) is 86.6 cm³/mol. The Balaban J connectivity index is 1.14. The first-order valence-electron chi connectivity index (χ1n) is 9.17. The Morgan fingerprint density at radius 1 is 0.619 bits per heavy atom.